The SMILES string of the molecule is CC[C@H]1c2cc(-c3c(F)cccc3F)nnc2[C@](C)(c2ccnc(-n3cnc(C#N)n3)n2)C1(C)C. The maximum atomic E-state index is 14.5. The van der Waals surface area contributed by atoms with E-state index < -0.39 is 17.0 Å². The zero-order valence-electron chi connectivity index (χ0n) is 19.7. The van der Waals surface area contributed by atoms with Crippen molar-refractivity contribution in [3.05, 3.63) is 77.3 Å². The lowest BCUT2D eigenvalue weighted by molar-refractivity contribution is 0.189. The molecule has 5 rings (SSSR count). The number of hydrogen-bond donors (Lipinski definition) is 0. The summed E-state index contributed by atoms with van der Waals surface area (Å²) < 4.78 is 30.4. The van der Waals surface area contributed by atoms with Crippen molar-refractivity contribution in [3.8, 4) is 23.3 Å². The highest BCUT2D eigenvalue weighted by Crippen LogP contribution is 2.61. The summed E-state index contributed by atoms with van der Waals surface area (Å²) in [7, 11) is 0. The average molecular weight is 473 g/mol. The smallest absolute Gasteiger partial charge is 0.220 e. The molecule has 10 heteroatoms. The number of hydrogen-bond acceptors (Lipinski definition) is 7. The second-order valence-electron chi connectivity index (χ2n) is 9.30. The Morgan fingerprint density at radius 2 is 1.83 bits per heavy atom. The third-order valence-corrected chi connectivity index (χ3v) is 7.41. The largest absolute Gasteiger partial charge is 0.252 e. The molecule has 0 radical (unpaired) electrons. The first-order chi connectivity index (χ1) is 16.7. The number of aromatic nitrogens is 7. The Labute approximate surface area is 200 Å². The van der Waals surface area contributed by atoms with Crippen molar-refractivity contribution in [1.29, 1.82) is 5.26 Å². The van der Waals surface area contributed by atoms with Gasteiger partial charge in [-0.2, -0.15) is 15.0 Å². The first kappa shape index (κ1) is 22.7. The number of nitriles is 1. The van der Waals surface area contributed by atoms with Crippen LogP contribution in [0.25, 0.3) is 17.2 Å². The number of fused-ring (bicyclic) bond motifs is 1. The van der Waals surface area contributed by atoms with Crippen molar-refractivity contribution < 1.29 is 8.78 Å². The Hall–Kier alpha value is -4.13. The van der Waals surface area contributed by atoms with Gasteiger partial charge in [0.1, 0.15) is 24.0 Å². The van der Waals surface area contributed by atoms with E-state index in [-0.39, 0.29) is 34.4 Å². The van der Waals surface area contributed by atoms with E-state index in [2.05, 4.69) is 46.0 Å². The van der Waals surface area contributed by atoms with Gasteiger partial charge in [0.2, 0.25) is 0 Å². The van der Waals surface area contributed by atoms with Crippen molar-refractivity contribution in [3.63, 3.8) is 0 Å². The molecule has 0 saturated heterocycles. The van der Waals surface area contributed by atoms with E-state index in [1.165, 1.54) is 29.2 Å². The molecule has 4 aromatic rings. The molecule has 0 bridgehead atoms. The van der Waals surface area contributed by atoms with E-state index >= 15 is 0 Å². The van der Waals surface area contributed by atoms with Crippen LogP contribution in [0.3, 0.4) is 0 Å². The van der Waals surface area contributed by atoms with Crippen LogP contribution in [0.5, 0.6) is 0 Å². The van der Waals surface area contributed by atoms with Gasteiger partial charge in [-0.15, -0.1) is 10.2 Å². The molecule has 176 valence electrons. The van der Waals surface area contributed by atoms with Gasteiger partial charge in [0.05, 0.1) is 28.1 Å². The van der Waals surface area contributed by atoms with Crippen molar-refractivity contribution in [2.75, 3.05) is 0 Å². The summed E-state index contributed by atoms with van der Waals surface area (Å²) in [5.41, 5.74) is 1.19. The average Bonchev–Trinajstić information content (AvgIpc) is 3.39. The van der Waals surface area contributed by atoms with Crippen LogP contribution in [-0.4, -0.2) is 34.9 Å². The van der Waals surface area contributed by atoms with Crippen LogP contribution in [-0.2, 0) is 5.41 Å². The topological polar surface area (TPSA) is 106 Å². The maximum Gasteiger partial charge on any atom is 0.252 e. The second-order valence-corrected chi connectivity index (χ2v) is 9.30. The van der Waals surface area contributed by atoms with Gasteiger partial charge in [0, 0.05) is 6.20 Å². The minimum Gasteiger partial charge on any atom is -0.220 e. The molecule has 3 heterocycles. The maximum absolute atomic E-state index is 14.5. The Morgan fingerprint density at radius 1 is 1.09 bits per heavy atom. The second kappa shape index (κ2) is 7.98. The van der Waals surface area contributed by atoms with Gasteiger partial charge in [-0.05, 0) is 54.5 Å². The Morgan fingerprint density at radius 3 is 2.49 bits per heavy atom. The number of benzene rings is 1. The lowest BCUT2D eigenvalue weighted by Gasteiger charge is -2.41. The van der Waals surface area contributed by atoms with Crippen molar-refractivity contribution in [2.45, 2.75) is 45.4 Å². The molecular weight excluding hydrogens is 450 g/mol. The Kier molecular flexibility index (Phi) is 5.16. The molecule has 0 N–H and O–H groups in total. The minimum absolute atomic E-state index is 0.0153. The molecule has 0 spiro atoms. The Balaban J connectivity index is 1.69. The van der Waals surface area contributed by atoms with Crippen LogP contribution in [0, 0.1) is 28.4 Å². The fourth-order valence-corrected chi connectivity index (χ4v) is 5.30. The molecule has 2 atom stereocenters. The summed E-state index contributed by atoms with van der Waals surface area (Å²) in [6.45, 7) is 8.40. The van der Waals surface area contributed by atoms with Crippen molar-refractivity contribution in [1.82, 2.24) is 34.9 Å². The van der Waals surface area contributed by atoms with E-state index in [0.29, 0.717) is 11.4 Å². The van der Waals surface area contributed by atoms with Crippen LogP contribution < -0.4 is 0 Å². The van der Waals surface area contributed by atoms with Crippen LogP contribution in [0.2, 0.25) is 0 Å². The van der Waals surface area contributed by atoms with Gasteiger partial charge >= 0.3 is 0 Å². The summed E-state index contributed by atoms with van der Waals surface area (Å²) >= 11 is 0. The van der Waals surface area contributed by atoms with E-state index in [1.807, 2.05) is 19.1 Å². The van der Waals surface area contributed by atoms with Gasteiger partial charge in [-0.3, -0.25) is 0 Å². The zero-order chi connectivity index (χ0) is 25.0. The van der Waals surface area contributed by atoms with Crippen molar-refractivity contribution >= 4 is 0 Å². The quantitative estimate of drug-likeness (QED) is 0.430. The van der Waals surface area contributed by atoms with Crippen LogP contribution in [0.1, 0.15) is 62.8 Å². The minimum atomic E-state index is -0.696. The predicted molar refractivity (Wildman–Crippen MR) is 122 cm³/mol. The van der Waals surface area contributed by atoms with E-state index in [4.69, 9.17) is 10.2 Å². The van der Waals surface area contributed by atoms with Gasteiger partial charge in [-0.1, -0.05) is 26.8 Å². The van der Waals surface area contributed by atoms with Crippen LogP contribution in [0.15, 0.2) is 42.9 Å². The molecule has 35 heavy (non-hydrogen) atoms. The molecule has 0 saturated carbocycles. The molecule has 1 aromatic carbocycles. The van der Waals surface area contributed by atoms with Crippen LogP contribution >= 0.6 is 0 Å². The highest BCUT2D eigenvalue weighted by molar-refractivity contribution is 5.63. The van der Waals surface area contributed by atoms with E-state index in [9.17, 15) is 8.78 Å². The number of rotatable bonds is 4. The molecule has 0 amide bonds. The molecule has 0 aliphatic heterocycles. The summed E-state index contributed by atoms with van der Waals surface area (Å²) in [6.07, 6.45) is 3.80. The van der Waals surface area contributed by atoms with E-state index in [1.54, 1.807) is 12.3 Å². The standard InChI is InChI=1S/C25H22F2N8/c1-5-15-14-11-18(21-16(26)7-6-8-17(21)27)32-33-22(14)25(4,24(15,2)3)19-9-10-29-23(31-19)35-13-30-20(12-28)34-35/h6-11,13,15H,5H2,1-4H3/t15-,25-/m0/s1. The molecule has 3 aromatic heterocycles. The lowest BCUT2D eigenvalue weighted by atomic mass is 9.62. The molecular formula is C25H22F2N8. The molecule has 0 fully saturated rings. The molecule has 1 aliphatic carbocycles. The van der Waals surface area contributed by atoms with Crippen LogP contribution in [0.4, 0.5) is 8.78 Å². The number of halogens is 2. The Bertz CT molecular complexity index is 1470. The fraction of sp³-hybridized carbons (Fsp3) is 0.320. The monoisotopic (exact) mass is 472 g/mol. The van der Waals surface area contributed by atoms with Crippen molar-refractivity contribution in [2.24, 2.45) is 5.41 Å². The summed E-state index contributed by atoms with van der Waals surface area (Å²) in [5.74, 6) is -1.05. The molecule has 0 unspecified atom stereocenters. The summed E-state index contributed by atoms with van der Waals surface area (Å²) in [4.78, 5) is 13.0. The van der Waals surface area contributed by atoms with Gasteiger partial charge < -0.3 is 0 Å². The summed E-state index contributed by atoms with van der Waals surface area (Å²) in [6, 6.07) is 9.21. The van der Waals surface area contributed by atoms with Gasteiger partial charge in [0.25, 0.3) is 11.8 Å². The zero-order valence-corrected chi connectivity index (χ0v) is 19.7. The fourth-order valence-electron chi connectivity index (χ4n) is 5.30. The first-order valence-corrected chi connectivity index (χ1v) is 11.2. The highest BCUT2D eigenvalue weighted by atomic mass is 19.1. The van der Waals surface area contributed by atoms with E-state index in [0.717, 1.165) is 12.0 Å². The lowest BCUT2D eigenvalue weighted by Crippen LogP contribution is -2.40. The molecule has 1 aliphatic rings. The number of nitrogens with zero attached hydrogens (tertiary/aromatic N) is 8. The third-order valence-electron chi connectivity index (χ3n) is 7.41. The summed E-state index contributed by atoms with van der Waals surface area (Å²) in [5, 5.41) is 21.9. The molecule has 8 nitrogen and oxygen atoms in total. The third kappa shape index (κ3) is 3.22. The first-order valence-electron chi connectivity index (χ1n) is 11.2. The van der Waals surface area contributed by atoms with Gasteiger partial charge in [0.15, 0.2) is 0 Å². The normalized spacial score (nSPS) is 20.4. The van der Waals surface area contributed by atoms with Gasteiger partial charge in [-0.25, -0.2) is 23.7 Å². The predicted octanol–water partition coefficient (Wildman–Crippen LogP) is 4.50. The highest BCUT2D eigenvalue weighted by Gasteiger charge is 2.57.